The van der Waals surface area contributed by atoms with Crippen molar-refractivity contribution in [3.8, 4) is 11.5 Å². The molecular weight excluding hydrogens is 507 g/mol. The van der Waals surface area contributed by atoms with E-state index in [9.17, 15) is 23.1 Å². The number of urea groups is 1. The lowest BCUT2D eigenvalue weighted by Crippen LogP contribution is -2.23. The zero-order valence-corrected chi connectivity index (χ0v) is 19.4. The number of nitrogens with zero attached hydrogens (tertiary/aromatic N) is 2. The highest BCUT2D eigenvalue weighted by Crippen LogP contribution is 2.40. The quantitative estimate of drug-likeness (QED) is 0.290. The second-order valence-electron chi connectivity index (χ2n) is 7.11. The number of anilines is 3. The van der Waals surface area contributed by atoms with Gasteiger partial charge in [-0.25, -0.2) is 14.8 Å². The summed E-state index contributed by atoms with van der Waals surface area (Å²) < 4.78 is 45.1. The topological polar surface area (TPSA) is 108 Å². The molecule has 0 aliphatic carbocycles. The molecule has 182 valence electrons. The second kappa shape index (κ2) is 10.0. The van der Waals surface area contributed by atoms with E-state index in [2.05, 4.69) is 25.9 Å². The Kier molecular flexibility index (Phi) is 7.05. The molecule has 13 heteroatoms. The molecule has 3 aromatic rings. The van der Waals surface area contributed by atoms with Crippen LogP contribution in [0.25, 0.3) is 0 Å². The van der Waals surface area contributed by atoms with Crippen LogP contribution in [-0.2, 0) is 6.18 Å². The van der Waals surface area contributed by atoms with E-state index in [1.807, 2.05) is 0 Å². The molecule has 0 radical (unpaired) electrons. The molecule has 1 unspecified atom stereocenters. The molecule has 2 aromatic carbocycles. The fraction of sp³-hybridized carbons (Fsp3) is 0.136. The Labute approximate surface area is 206 Å². The van der Waals surface area contributed by atoms with Gasteiger partial charge in [-0.1, -0.05) is 11.6 Å². The van der Waals surface area contributed by atoms with Crippen molar-refractivity contribution in [2.75, 3.05) is 22.2 Å². The van der Waals surface area contributed by atoms with Crippen molar-refractivity contribution in [1.82, 2.24) is 4.98 Å². The van der Waals surface area contributed by atoms with E-state index < -0.39 is 29.0 Å². The Morgan fingerprint density at radius 2 is 2.00 bits per heavy atom. The van der Waals surface area contributed by atoms with Gasteiger partial charge in [-0.05, 0) is 42.7 Å². The molecule has 35 heavy (non-hydrogen) atoms. The maximum Gasteiger partial charge on any atom is 0.417 e. The van der Waals surface area contributed by atoms with E-state index in [0.29, 0.717) is 33.6 Å². The van der Waals surface area contributed by atoms with Gasteiger partial charge in [0.2, 0.25) is 0 Å². The number of benzene rings is 2. The van der Waals surface area contributed by atoms with Gasteiger partial charge in [-0.15, -0.1) is 11.8 Å². The van der Waals surface area contributed by atoms with Gasteiger partial charge in [-0.2, -0.15) is 13.2 Å². The molecule has 0 fully saturated rings. The number of fused-ring (bicyclic) bond motifs is 1. The number of amides is 2. The number of hydrogen-bond donors (Lipinski definition) is 4. The van der Waals surface area contributed by atoms with Crippen LogP contribution < -0.4 is 20.7 Å². The van der Waals surface area contributed by atoms with Crippen LogP contribution in [0.1, 0.15) is 5.56 Å². The average Bonchev–Trinajstić information content (AvgIpc) is 2.80. The average molecular weight is 524 g/mol. The fourth-order valence-corrected chi connectivity index (χ4v) is 3.94. The predicted octanol–water partition coefficient (Wildman–Crippen LogP) is 6.36. The number of aromatic nitrogens is 1. The van der Waals surface area contributed by atoms with Crippen LogP contribution in [0.3, 0.4) is 0 Å². The number of halogens is 4. The maximum atomic E-state index is 13.1. The van der Waals surface area contributed by atoms with Crippen LogP contribution in [0.5, 0.6) is 11.5 Å². The highest BCUT2D eigenvalue weighted by atomic mass is 35.5. The molecule has 1 aliphatic rings. The van der Waals surface area contributed by atoms with Gasteiger partial charge < -0.3 is 25.8 Å². The number of nitrogens with one attached hydrogen (secondary N) is 3. The van der Waals surface area contributed by atoms with Crippen molar-refractivity contribution < 1.29 is 27.8 Å². The van der Waals surface area contributed by atoms with Crippen molar-refractivity contribution in [3.63, 3.8) is 0 Å². The minimum Gasteiger partial charge on any atom is -0.455 e. The summed E-state index contributed by atoms with van der Waals surface area (Å²) in [7, 11) is 0. The summed E-state index contributed by atoms with van der Waals surface area (Å²) in [6.45, 7) is 0. The summed E-state index contributed by atoms with van der Waals surface area (Å²) in [5.74, 6) is 1.22. The molecule has 0 bridgehead atoms. The van der Waals surface area contributed by atoms with E-state index in [-0.39, 0.29) is 5.69 Å². The van der Waals surface area contributed by atoms with Crippen LogP contribution >= 0.6 is 23.4 Å². The Bertz CT molecular complexity index is 1310. The SMILES string of the molecule is CSc1cc(Oc2ccnc3c2N=CC(O)N3)ccc1NC(=O)Nc1ccc(Cl)c(C(F)(F)F)c1. The summed E-state index contributed by atoms with van der Waals surface area (Å²) in [5, 5.41) is 16.9. The van der Waals surface area contributed by atoms with Crippen molar-refractivity contribution in [3.05, 3.63) is 59.2 Å². The molecular formula is C22H17ClF3N5O3S. The van der Waals surface area contributed by atoms with E-state index >= 15 is 0 Å². The second-order valence-corrected chi connectivity index (χ2v) is 8.36. The molecule has 4 N–H and O–H groups in total. The summed E-state index contributed by atoms with van der Waals surface area (Å²) >= 11 is 6.95. The molecule has 0 spiro atoms. The first-order chi connectivity index (χ1) is 16.6. The zero-order chi connectivity index (χ0) is 25.2. The number of aliphatic hydroxyl groups excluding tert-OH is 1. The molecule has 1 aliphatic heterocycles. The third kappa shape index (κ3) is 5.78. The standard InChI is InChI=1S/C22H17ClF3N5O3S/c1-35-17-9-12(34-16-6-7-27-20-19(16)28-10-18(32)31-20)3-5-15(17)30-21(33)29-11-2-4-14(23)13(8-11)22(24,25)26/h2-10,18,32H,1H3,(H,27,31)(H2,29,30,33). The van der Waals surface area contributed by atoms with Crippen LogP contribution in [-0.4, -0.2) is 34.8 Å². The van der Waals surface area contributed by atoms with Crippen molar-refractivity contribution >= 4 is 58.5 Å². The Morgan fingerprint density at radius 1 is 1.20 bits per heavy atom. The maximum absolute atomic E-state index is 13.1. The Morgan fingerprint density at radius 3 is 2.74 bits per heavy atom. The van der Waals surface area contributed by atoms with Crippen LogP contribution in [0.2, 0.25) is 5.02 Å². The van der Waals surface area contributed by atoms with E-state index in [1.165, 1.54) is 30.2 Å². The van der Waals surface area contributed by atoms with Crippen molar-refractivity contribution in [1.29, 1.82) is 0 Å². The largest absolute Gasteiger partial charge is 0.455 e. The minimum atomic E-state index is -4.65. The summed E-state index contributed by atoms with van der Waals surface area (Å²) in [4.78, 5) is 21.4. The normalized spacial score (nSPS) is 14.6. The number of rotatable bonds is 5. The third-order valence-corrected chi connectivity index (χ3v) is 5.80. The lowest BCUT2D eigenvalue weighted by atomic mass is 10.2. The van der Waals surface area contributed by atoms with Crippen molar-refractivity contribution in [2.24, 2.45) is 4.99 Å². The number of pyridine rings is 1. The molecule has 4 rings (SSSR count). The van der Waals surface area contributed by atoms with Gasteiger partial charge in [-0.3, -0.25) is 0 Å². The van der Waals surface area contributed by atoms with Gasteiger partial charge in [0.1, 0.15) is 11.4 Å². The van der Waals surface area contributed by atoms with Gasteiger partial charge >= 0.3 is 12.2 Å². The number of thioether (sulfide) groups is 1. The van der Waals surface area contributed by atoms with Gasteiger partial charge in [0.25, 0.3) is 0 Å². The number of aliphatic hydroxyl groups is 1. The molecule has 1 atom stereocenters. The van der Waals surface area contributed by atoms with Gasteiger partial charge in [0.05, 0.1) is 22.5 Å². The van der Waals surface area contributed by atoms with E-state index in [0.717, 1.165) is 12.1 Å². The number of ether oxygens (including phenoxy) is 1. The minimum absolute atomic E-state index is 0.0633. The third-order valence-electron chi connectivity index (χ3n) is 4.70. The molecule has 2 amide bonds. The van der Waals surface area contributed by atoms with Crippen molar-refractivity contribution in [2.45, 2.75) is 17.3 Å². The molecule has 0 saturated heterocycles. The molecule has 1 aromatic heterocycles. The monoisotopic (exact) mass is 523 g/mol. The van der Waals surface area contributed by atoms with Crippen LogP contribution in [0.15, 0.2) is 58.5 Å². The van der Waals surface area contributed by atoms with Crippen LogP contribution in [0, 0.1) is 0 Å². The first-order valence-electron chi connectivity index (χ1n) is 9.92. The first-order valence-corrected chi connectivity index (χ1v) is 11.5. The Balaban J connectivity index is 1.49. The molecule has 0 saturated carbocycles. The lowest BCUT2D eigenvalue weighted by molar-refractivity contribution is -0.137. The highest BCUT2D eigenvalue weighted by molar-refractivity contribution is 7.98. The summed E-state index contributed by atoms with van der Waals surface area (Å²) in [6, 6.07) is 8.89. The zero-order valence-electron chi connectivity index (χ0n) is 17.9. The molecule has 2 heterocycles. The molecule has 8 nitrogen and oxygen atoms in total. The number of aliphatic imine (C=N–C) groups is 1. The highest BCUT2D eigenvalue weighted by Gasteiger charge is 2.33. The van der Waals surface area contributed by atoms with Crippen LogP contribution in [0.4, 0.5) is 40.8 Å². The van der Waals surface area contributed by atoms with Gasteiger partial charge in [0.15, 0.2) is 17.8 Å². The first kappa shape index (κ1) is 24.6. The van der Waals surface area contributed by atoms with Gasteiger partial charge in [0, 0.05) is 22.8 Å². The predicted molar refractivity (Wildman–Crippen MR) is 129 cm³/mol. The Hall–Kier alpha value is -3.48. The number of carbonyl (C=O) groups excluding carboxylic acids is 1. The summed E-state index contributed by atoms with van der Waals surface area (Å²) in [6.07, 6.45) is -0.985. The van der Waals surface area contributed by atoms with E-state index in [4.69, 9.17) is 16.3 Å². The number of hydrogen-bond acceptors (Lipinski definition) is 7. The lowest BCUT2D eigenvalue weighted by Gasteiger charge is -2.18. The number of carbonyl (C=O) groups is 1. The number of alkyl halides is 3. The summed E-state index contributed by atoms with van der Waals surface area (Å²) in [5.41, 5.74) is -0.263. The van der Waals surface area contributed by atoms with E-state index in [1.54, 1.807) is 30.5 Å². The fourth-order valence-electron chi connectivity index (χ4n) is 3.14. The smallest absolute Gasteiger partial charge is 0.417 e.